The minimum absolute atomic E-state index is 0.108. The van der Waals surface area contributed by atoms with E-state index in [9.17, 15) is 4.79 Å². The van der Waals surface area contributed by atoms with Crippen molar-refractivity contribution in [3.05, 3.63) is 24.0 Å². The van der Waals surface area contributed by atoms with Crippen LogP contribution >= 0.6 is 0 Å². The molecule has 12 heavy (non-hydrogen) atoms. The lowest BCUT2D eigenvalue weighted by Gasteiger charge is -1.98. The van der Waals surface area contributed by atoms with Crippen LogP contribution in [0.25, 0.3) is 0 Å². The van der Waals surface area contributed by atoms with Crippen LogP contribution in [0.3, 0.4) is 0 Å². The largest absolute Gasteiger partial charge is 0.512 e. The summed E-state index contributed by atoms with van der Waals surface area (Å²) in [5.41, 5.74) is 1.10. The molecule has 0 aliphatic carbocycles. The van der Waals surface area contributed by atoms with Crippen molar-refractivity contribution in [2.75, 3.05) is 0 Å². The van der Waals surface area contributed by atoms with Gasteiger partial charge in [0.1, 0.15) is 0 Å². The minimum Gasteiger partial charge on any atom is -0.512 e. The van der Waals surface area contributed by atoms with Crippen LogP contribution in [0, 0.1) is 0 Å². The number of hydrogen-bond acceptors (Lipinski definition) is 2. The third kappa shape index (κ3) is 7.06. The van der Waals surface area contributed by atoms with Gasteiger partial charge in [-0.1, -0.05) is 5.57 Å². The fraction of sp³-hybridized carbons (Fsp3) is 0.500. The molecule has 0 amide bonds. The number of carbonyl (C=O) groups excluding carboxylic acids is 1. The highest BCUT2D eigenvalue weighted by Crippen LogP contribution is 2.08. The van der Waals surface area contributed by atoms with E-state index in [1.165, 1.54) is 13.0 Å². The monoisotopic (exact) mass is 168 g/mol. The summed E-state index contributed by atoms with van der Waals surface area (Å²) < 4.78 is 0. The van der Waals surface area contributed by atoms with Gasteiger partial charge in [0.15, 0.2) is 5.78 Å². The lowest BCUT2D eigenvalue weighted by atomic mass is 10.1. The Morgan fingerprint density at radius 2 is 2.00 bits per heavy atom. The summed E-state index contributed by atoms with van der Waals surface area (Å²) in [6, 6.07) is 0. The molecule has 0 heterocycles. The predicted molar refractivity (Wildman–Crippen MR) is 50.1 cm³/mol. The van der Waals surface area contributed by atoms with Crippen LogP contribution in [0.4, 0.5) is 0 Å². The summed E-state index contributed by atoms with van der Waals surface area (Å²) in [5.74, 6) is 0.0616. The smallest absolute Gasteiger partial charge is 0.155 e. The number of hydrogen-bond donors (Lipinski definition) is 1. The van der Waals surface area contributed by atoms with Gasteiger partial charge in [-0.25, -0.2) is 0 Å². The van der Waals surface area contributed by atoms with Crippen LogP contribution in [-0.2, 0) is 4.79 Å². The van der Waals surface area contributed by atoms with Crippen molar-refractivity contribution in [3.63, 3.8) is 0 Å². The number of aliphatic hydroxyl groups is 1. The first-order valence-corrected chi connectivity index (χ1v) is 4.07. The molecular formula is C10H16O2. The Balaban J connectivity index is 3.64. The van der Waals surface area contributed by atoms with Gasteiger partial charge >= 0.3 is 0 Å². The summed E-state index contributed by atoms with van der Waals surface area (Å²) in [6.45, 7) is 7.12. The molecule has 0 spiro atoms. The molecule has 0 aromatic carbocycles. The maximum atomic E-state index is 10.5. The molecule has 0 bridgehead atoms. The molecule has 0 unspecified atom stereocenters. The fourth-order valence-electron chi connectivity index (χ4n) is 0.878. The van der Waals surface area contributed by atoms with Gasteiger partial charge < -0.3 is 5.11 Å². The SMILES string of the molecule is C=C(C)CCC/C(O)=C/C(C)=O. The summed E-state index contributed by atoms with van der Waals surface area (Å²) in [6.07, 6.45) is 3.58. The highest BCUT2D eigenvalue weighted by molar-refractivity contribution is 5.87. The van der Waals surface area contributed by atoms with E-state index in [1.807, 2.05) is 6.92 Å². The van der Waals surface area contributed by atoms with Crippen LogP contribution in [0.1, 0.15) is 33.1 Å². The Bertz CT molecular complexity index is 202. The van der Waals surface area contributed by atoms with Gasteiger partial charge in [-0.15, -0.1) is 6.58 Å². The average molecular weight is 168 g/mol. The summed E-state index contributed by atoms with van der Waals surface area (Å²) in [4.78, 5) is 10.5. The molecule has 0 aromatic heterocycles. The lowest BCUT2D eigenvalue weighted by molar-refractivity contribution is -0.112. The standard InChI is InChI=1S/C10H16O2/c1-8(2)5-4-6-10(12)7-9(3)11/h7,12H,1,4-6H2,2-3H3/b10-7-. The third-order valence-corrected chi connectivity index (χ3v) is 1.41. The quantitative estimate of drug-likeness (QED) is 0.389. The second-order valence-electron chi connectivity index (χ2n) is 3.06. The van der Waals surface area contributed by atoms with E-state index in [0.717, 1.165) is 18.4 Å². The molecule has 2 nitrogen and oxygen atoms in total. The van der Waals surface area contributed by atoms with Gasteiger partial charge in [0.05, 0.1) is 5.76 Å². The zero-order valence-electron chi connectivity index (χ0n) is 7.76. The number of carbonyl (C=O) groups is 1. The molecule has 0 aliphatic heterocycles. The molecule has 2 heteroatoms. The average Bonchev–Trinajstić information content (AvgIpc) is 1.84. The summed E-state index contributed by atoms with van der Waals surface area (Å²) in [7, 11) is 0. The zero-order chi connectivity index (χ0) is 9.56. The van der Waals surface area contributed by atoms with Crippen molar-refractivity contribution < 1.29 is 9.90 Å². The van der Waals surface area contributed by atoms with Crippen LogP contribution in [0.2, 0.25) is 0 Å². The number of ketones is 1. The first-order chi connectivity index (χ1) is 5.52. The Morgan fingerprint density at radius 3 is 2.42 bits per heavy atom. The van der Waals surface area contributed by atoms with Crippen molar-refractivity contribution in [1.82, 2.24) is 0 Å². The molecule has 0 radical (unpaired) electrons. The van der Waals surface area contributed by atoms with E-state index in [2.05, 4.69) is 6.58 Å². The van der Waals surface area contributed by atoms with E-state index in [1.54, 1.807) is 0 Å². The molecule has 68 valence electrons. The zero-order valence-corrected chi connectivity index (χ0v) is 7.76. The van der Waals surface area contributed by atoms with Crippen LogP contribution < -0.4 is 0 Å². The highest BCUT2D eigenvalue weighted by atomic mass is 16.3. The molecule has 0 aromatic rings. The van der Waals surface area contributed by atoms with Crippen molar-refractivity contribution in [2.24, 2.45) is 0 Å². The second-order valence-corrected chi connectivity index (χ2v) is 3.06. The van der Waals surface area contributed by atoms with E-state index in [0.29, 0.717) is 6.42 Å². The number of rotatable bonds is 5. The molecule has 0 saturated carbocycles. The topological polar surface area (TPSA) is 37.3 Å². The Hall–Kier alpha value is -1.05. The van der Waals surface area contributed by atoms with Crippen molar-refractivity contribution in [2.45, 2.75) is 33.1 Å². The Labute approximate surface area is 73.6 Å². The van der Waals surface area contributed by atoms with Gasteiger partial charge in [0.2, 0.25) is 0 Å². The fourth-order valence-corrected chi connectivity index (χ4v) is 0.878. The normalized spacial score (nSPS) is 11.3. The maximum absolute atomic E-state index is 10.5. The first kappa shape index (κ1) is 11.0. The Kier molecular flexibility index (Phi) is 5.09. The second kappa shape index (κ2) is 5.58. The van der Waals surface area contributed by atoms with E-state index < -0.39 is 0 Å². The Morgan fingerprint density at radius 1 is 1.42 bits per heavy atom. The molecule has 0 saturated heterocycles. The predicted octanol–water partition coefficient (Wildman–Crippen LogP) is 2.76. The third-order valence-electron chi connectivity index (χ3n) is 1.41. The molecule has 0 fully saturated rings. The van der Waals surface area contributed by atoms with Crippen LogP contribution in [0.5, 0.6) is 0 Å². The van der Waals surface area contributed by atoms with Gasteiger partial charge in [0, 0.05) is 12.5 Å². The number of allylic oxidation sites excluding steroid dienone is 3. The molecule has 0 atom stereocenters. The van der Waals surface area contributed by atoms with Crippen molar-refractivity contribution in [3.8, 4) is 0 Å². The van der Waals surface area contributed by atoms with E-state index >= 15 is 0 Å². The molecule has 0 aliphatic rings. The van der Waals surface area contributed by atoms with Crippen molar-refractivity contribution >= 4 is 5.78 Å². The van der Waals surface area contributed by atoms with E-state index in [4.69, 9.17) is 5.11 Å². The van der Waals surface area contributed by atoms with E-state index in [-0.39, 0.29) is 11.5 Å². The van der Waals surface area contributed by atoms with Crippen molar-refractivity contribution in [1.29, 1.82) is 0 Å². The lowest BCUT2D eigenvalue weighted by Crippen LogP contribution is -1.89. The summed E-state index contributed by atoms with van der Waals surface area (Å²) >= 11 is 0. The highest BCUT2D eigenvalue weighted by Gasteiger charge is 1.95. The van der Waals surface area contributed by atoms with Gasteiger partial charge in [0.25, 0.3) is 0 Å². The number of aliphatic hydroxyl groups excluding tert-OH is 1. The molecule has 1 N–H and O–H groups in total. The molecule has 0 rings (SSSR count). The minimum atomic E-state index is -0.108. The molecular weight excluding hydrogens is 152 g/mol. The van der Waals surface area contributed by atoms with Gasteiger partial charge in [-0.3, -0.25) is 4.79 Å². The maximum Gasteiger partial charge on any atom is 0.155 e. The summed E-state index contributed by atoms with van der Waals surface area (Å²) in [5, 5.41) is 9.14. The van der Waals surface area contributed by atoms with Crippen LogP contribution in [-0.4, -0.2) is 10.9 Å². The van der Waals surface area contributed by atoms with Crippen LogP contribution in [0.15, 0.2) is 24.0 Å². The first-order valence-electron chi connectivity index (χ1n) is 4.07. The van der Waals surface area contributed by atoms with Gasteiger partial charge in [-0.2, -0.15) is 0 Å². The van der Waals surface area contributed by atoms with Gasteiger partial charge in [-0.05, 0) is 26.7 Å².